The molecule has 41 heavy (non-hydrogen) atoms. The van der Waals surface area contributed by atoms with Gasteiger partial charge in [-0.25, -0.2) is 0 Å². The van der Waals surface area contributed by atoms with Gasteiger partial charge in [0.1, 0.15) is 12.1 Å². The van der Waals surface area contributed by atoms with Gasteiger partial charge in [-0.2, -0.15) is 13.2 Å². The molecule has 0 radical (unpaired) electrons. The number of halogens is 4. The van der Waals surface area contributed by atoms with Crippen molar-refractivity contribution in [2.45, 2.75) is 31.1 Å². The van der Waals surface area contributed by atoms with Crippen molar-refractivity contribution in [3.05, 3.63) is 101 Å². The molecule has 0 bridgehead atoms. The van der Waals surface area contributed by atoms with Crippen molar-refractivity contribution in [3.63, 3.8) is 0 Å². The molecule has 3 aromatic rings. The van der Waals surface area contributed by atoms with E-state index in [0.717, 1.165) is 17.8 Å². The second-order valence-electron chi connectivity index (χ2n) is 10.2. The fourth-order valence-corrected chi connectivity index (χ4v) is 5.68. The van der Waals surface area contributed by atoms with Crippen LogP contribution in [0, 0.1) is 0 Å². The summed E-state index contributed by atoms with van der Waals surface area (Å²) >= 11 is 6.07. The Morgan fingerprint density at radius 1 is 0.927 bits per heavy atom. The minimum Gasteiger partial charge on any atom is -0.350 e. The minimum atomic E-state index is -4.48. The van der Waals surface area contributed by atoms with E-state index >= 15 is 0 Å². The molecule has 7 nitrogen and oxygen atoms in total. The van der Waals surface area contributed by atoms with E-state index in [2.05, 4.69) is 5.32 Å². The maximum absolute atomic E-state index is 13.9. The molecule has 0 aromatic heterocycles. The summed E-state index contributed by atoms with van der Waals surface area (Å²) in [4.78, 5) is 45.0. The summed E-state index contributed by atoms with van der Waals surface area (Å²) in [6.45, 7) is 0.515. The van der Waals surface area contributed by atoms with Crippen molar-refractivity contribution in [1.29, 1.82) is 0 Å². The predicted octanol–water partition coefficient (Wildman–Crippen LogP) is 4.96. The molecule has 0 unspecified atom stereocenters. The Labute approximate surface area is 240 Å². The molecule has 1 N–H and O–H groups in total. The predicted molar refractivity (Wildman–Crippen MR) is 148 cm³/mol. The van der Waals surface area contributed by atoms with Crippen molar-refractivity contribution in [2.75, 3.05) is 31.2 Å². The lowest BCUT2D eigenvalue weighted by Crippen LogP contribution is -2.57. The van der Waals surface area contributed by atoms with Crippen LogP contribution in [0.4, 0.5) is 18.9 Å². The van der Waals surface area contributed by atoms with Crippen LogP contribution in [0.15, 0.2) is 78.9 Å². The van der Waals surface area contributed by atoms with Gasteiger partial charge in [-0.1, -0.05) is 48.0 Å². The van der Waals surface area contributed by atoms with E-state index in [-0.39, 0.29) is 31.6 Å². The molecule has 3 aromatic carbocycles. The molecule has 0 aliphatic carbocycles. The highest BCUT2D eigenvalue weighted by Crippen LogP contribution is 2.39. The number of anilines is 1. The van der Waals surface area contributed by atoms with Gasteiger partial charge in [0.15, 0.2) is 0 Å². The molecule has 2 aliphatic rings. The van der Waals surface area contributed by atoms with E-state index in [0.29, 0.717) is 42.1 Å². The molecule has 5 rings (SSSR count). The summed E-state index contributed by atoms with van der Waals surface area (Å²) in [7, 11) is 0. The summed E-state index contributed by atoms with van der Waals surface area (Å²) in [5.74, 6) is -0.857. The average molecular weight is 585 g/mol. The Hall–Kier alpha value is -4.05. The molecule has 11 heteroatoms. The van der Waals surface area contributed by atoms with E-state index in [1.165, 1.54) is 17.0 Å². The van der Waals surface area contributed by atoms with Crippen LogP contribution in [0.2, 0.25) is 5.02 Å². The Kier molecular flexibility index (Phi) is 7.95. The van der Waals surface area contributed by atoms with Gasteiger partial charge in [0.05, 0.1) is 12.2 Å². The molecule has 3 amide bonds. The summed E-state index contributed by atoms with van der Waals surface area (Å²) in [5.41, 5.74) is -0.125. The number of nitrogens with zero attached hydrogens (tertiary/aromatic N) is 3. The average Bonchev–Trinajstić information content (AvgIpc) is 3.22. The van der Waals surface area contributed by atoms with Crippen LogP contribution < -0.4 is 10.2 Å². The van der Waals surface area contributed by atoms with Gasteiger partial charge in [0.2, 0.25) is 5.91 Å². The van der Waals surface area contributed by atoms with Gasteiger partial charge in [-0.05, 0) is 60.9 Å². The third kappa shape index (κ3) is 6.02. The number of carbonyl (C=O) groups is 3. The molecule has 2 heterocycles. The number of nitrogens with one attached hydrogen (secondary N) is 1. The van der Waals surface area contributed by atoms with Crippen molar-refractivity contribution in [3.8, 4) is 0 Å². The first kappa shape index (κ1) is 28.5. The highest BCUT2D eigenvalue weighted by molar-refractivity contribution is 6.31. The summed E-state index contributed by atoms with van der Waals surface area (Å²) in [6, 6.07) is 20.9. The van der Waals surface area contributed by atoms with Gasteiger partial charge >= 0.3 is 6.18 Å². The minimum absolute atomic E-state index is 0.0983. The molecule has 0 atom stereocenters. The maximum atomic E-state index is 13.9. The van der Waals surface area contributed by atoms with Crippen molar-refractivity contribution in [1.82, 2.24) is 15.1 Å². The number of likely N-dealkylation sites (tertiary alicyclic amines) is 1. The normalized spacial score (nSPS) is 16.8. The summed E-state index contributed by atoms with van der Waals surface area (Å²) in [5, 5.41) is 3.10. The molecule has 214 valence electrons. The van der Waals surface area contributed by atoms with Crippen LogP contribution in [-0.2, 0) is 22.3 Å². The smallest absolute Gasteiger partial charge is 0.350 e. The first-order chi connectivity index (χ1) is 19.6. The van der Waals surface area contributed by atoms with E-state index in [9.17, 15) is 27.6 Å². The molecule has 1 spiro atoms. The number of carbonyl (C=O) groups excluding carboxylic acids is 3. The van der Waals surface area contributed by atoms with Crippen molar-refractivity contribution in [2.24, 2.45) is 0 Å². The number of hydrogen-bond acceptors (Lipinski definition) is 4. The molecule has 2 aliphatic heterocycles. The Bertz CT molecular complexity index is 1440. The highest BCUT2D eigenvalue weighted by Gasteiger charge is 2.54. The van der Waals surface area contributed by atoms with Crippen LogP contribution >= 0.6 is 11.6 Å². The number of hydrogen-bond donors (Lipinski definition) is 1. The second kappa shape index (κ2) is 11.4. The van der Waals surface area contributed by atoms with E-state index in [4.69, 9.17) is 11.6 Å². The molecular formula is C30H28ClF3N4O3. The number of amides is 3. The molecule has 2 fully saturated rings. The lowest BCUT2D eigenvalue weighted by Gasteiger charge is -2.43. The number of para-hydroxylation sites is 1. The van der Waals surface area contributed by atoms with Gasteiger partial charge in [0.25, 0.3) is 11.8 Å². The lowest BCUT2D eigenvalue weighted by molar-refractivity contribution is -0.138. The van der Waals surface area contributed by atoms with E-state index < -0.39 is 23.2 Å². The van der Waals surface area contributed by atoms with E-state index in [1.807, 2.05) is 35.2 Å². The van der Waals surface area contributed by atoms with Gasteiger partial charge < -0.3 is 20.0 Å². The molecular weight excluding hydrogens is 557 g/mol. The quantitative estimate of drug-likeness (QED) is 0.445. The zero-order valence-electron chi connectivity index (χ0n) is 22.0. The number of benzene rings is 3. The SMILES string of the molecule is O=C(CN1CN(c2ccccc2)C2(CCN(C(=O)c3cccc(Cl)c3)CC2)C1=O)NCc1cccc(C(F)(F)F)c1. The fourth-order valence-electron chi connectivity index (χ4n) is 5.49. The first-order valence-corrected chi connectivity index (χ1v) is 13.5. The third-order valence-corrected chi connectivity index (χ3v) is 7.84. The zero-order chi connectivity index (χ0) is 29.2. The summed E-state index contributed by atoms with van der Waals surface area (Å²) in [6.07, 6.45) is -3.74. The number of alkyl halides is 3. The number of rotatable bonds is 6. The van der Waals surface area contributed by atoms with Gasteiger partial charge in [-0.15, -0.1) is 0 Å². The van der Waals surface area contributed by atoms with Crippen molar-refractivity contribution < 1.29 is 27.6 Å². The van der Waals surface area contributed by atoms with Crippen LogP contribution in [0.5, 0.6) is 0 Å². The topological polar surface area (TPSA) is 73.0 Å². The fraction of sp³-hybridized carbons (Fsp3) is 0.300. The third-order valence-electron chi connectivity index (χ3n) is 7.61. The summed E-state index contributed by atoms with van der Waals surface area (Å²) < 4.78 is 39.1. The zero-order valence-corrected chi connectivity index (χ0v) is 22.8. The molecule has 2 saturated heterocycles. The van der Waals surface area contributed by atoms with Crippen LogP contribution in [0.1, 0.15) is 34.3 Å². The van der Waals surface area contributed by atoms with E-state index in [1.54, 1.807) is 29.2 Å². The monoisotopic (exact) mass is 584 g/mol. The lowest BCUT2D eigenvalue weighted by atomic mass is 9.85. The van der Waals surface area contributed by atoms with Gasteiger partial charge in [0, 0.05) is 35.9 Å². The maximum Gasteiger partial charge on any atom is 0.416 e. The Balaban J connectivity index is 1.28. The van der Waals surface area contributed by atoms with Crippen LogP contribution in [-0.4, -0.2) is 59.4 Å². The first-order valence-electron chi connectivity index (χ1n) is 13.2. The Morgan fingerprint density at radius 3 is 2.32 bits per heavy atom. The second-order valence-corrected chi connectivity index (χ2v) is 10.7. The van der Waals surface area contributed by atoms with Crippen LogP contribution in [0.3, 0.4) is 0 Å². The largest absolute Gasteiger partial charge is 0.416 e. The Morgan fingerprint density at radius 2 is 1.63 bits per heavy atom. The molecule has 0 saturated carbocycles. The van der Waals surface area contributed by atoms with Gasteiger partial charge in [-0.3, -0.25) is 14.4 Å². The standard InChI is InChI=1S/C30H28ClF3N4O3/c31-24-9-5-7-22(17-24)27(40)36-14-12-29(13-15-36)28(41)37(20-38(29)25-10-2-1-3-11-25)19-26(39)35-18-21-6-4-8-23(16-21)30(32,33)34/h1-11,16-17H,12-15,18-20H2,(H,35,39). The number of piperidine rings is 1. The highest BCUT2D eigenvalue weighted by atomic mass is 35.5. The van der Waals surface area contributed by atoms with Crippen LogP contribution in [0.25, 0.3) is 0 Å². The van der Waals surface area contributed by atoms with Crippen molar-refractivity contribution >= 4 is 35.0 Å².